The molecule has 1 amide bonds. The predicted octanol–water partition coefficient (Wildman–Crippen LogP) is 4.04. The van der Waals surface area contributed by atoms with Crippen molar-refractivity contribution in [2.45, 2.75) is 55.7 Å². The predicted molar refractivity (Wildman–Crippen MR) is 120 cm³/mol. The van der Waals surface area contributed by atoms with E-state index in [4.69, 9.17) is 0 Å². The molecular formula is C24H32N2O3S. The molecular weight excluding hydrogens is 396 g/mol. The number of carbonyl (C=O) groups excluding carboxylic acids is 1. The average Bonchev–Trinajstić information content (AvgIpc) is 2.75. The van der Waals surface area contributed by atoms with Gasteiger partial charge in [0, 0.05) is 18.2 Å². The van der Waals surface area contributed by atoms with Crippen molar-refractivity contribution in [3.05, 3.63) is 65.7 Å². The molecule has 1 saturated heterocycles. The number of nitrogens with one attached hydrogen (secondary N) is 1. The second-order valence-electron chi connectivity index (χ2n) is 8.12. The van der Waals surface area contributed by atoms with Crippen LogP contribution >= 0.6 is 0 Å². The Kier molecular flexibility index (Phi) is 8.05. The number of carbonyl (C=O) groups is 1. The molecule has 0 spiro atoms. The summed E-state index contributed by atoms with van der Waals surface area (Å²) in [7, 11) is -3.43. The van der Waals surface area contributed by atoms with Gasteiger partial charge < -0.3 is 10.2 Å². The first-order chi connectivity index (χ1) is 14.5. The Balaban J connectivity index is 1.47. The minimum Gasteiger partial charge on any atom is -0.352 e. The lowest BCUT2D eigenvalue weighted by Crippen LogP contribution is -2.38. The molecule has 162 valence electrons. The van der Waals surface area contributed by atoms with Gasteiger partial charge in [0.1, 0.15) is 0 Å². The fourth-order valence-corrected chi connectivity index (χ4v) is 5.32. The summed E-state index contributed by atoms with van der Waals surface area (Å²) >= 11 is 0. The Bertz CT molecular complexity index is 928. The molecule has 1 aliphatic heterocycles. The average molecular weight is 429 g/mol. The van der Waals surface area contributed by atoms with Crippen molar-refractivity contribution in [2.75, 3.05) is 19.6 Å². The van der Waals surface area contributed by atoms with E-state index in [1.54, 1.807) is 54.6 Å². The Morgan fingerprint density at radius 2 is 1.87 bits per heavy atom. The molecule has 30 heavy (non-hydrogen) atoms. The van der Waals surface area contributed by atoms with Crippen molar-refractivity contribution in [1.29, 1.82) is 0 Å². The molecule has 2 aromatic rings. The lowest BCUT2D eigenvalue weighted by Gasteiger charge is -2.33. The number of unbranched alkanes of at least 4 members (excludes halogenated alkanes) is 1. The molecule has 6 heteroatoms. The van der Waals surface area contributed by atoms with E-state index >= 15 is 0 Å². The third-order valence-corrected chi connectivity index (χ3v) is 7.45. The number of rotatable bonds is 9. The van der Waals surface area contributed by atoms with Gasteiger partial charge in [0.05, 0.1) is 10.6 Å². The molecule has 1 heterocycles. The van der Waals surface area contributed by atoms with E-state index < -0.39 is 9.84 Å². The van der Waals surface area contributed by atoms with Gasteiger partial charge in [-0.2, -0.15) is 0 Å². The number of piperidine rings is 1. The number of hydrogen-bond acceptors (Lipinski definition) is 4. The van der Waals surface area contributed by atoms with Crippen molar-refractivity contribution in [3.8, 4) is 0 Å². The zero-order chi connectivity index (χ0) is 21.4. The normalized spacial score (nSPS) is 17.6. The van der Waals surface area contributed by atoms with Gasteiger partial charge in [-0.05, 0) is 75.5 Å². The summed E-state index contributed by atoms with van der Waals surface area (Å²) in [6.07, 6.45) is 5.92. The maximum Gasteiger partial charge on any atom is 0.251 e. The first kappa shape index (κ1) is 22.5. The van der Waals surface area contributed by atoms with Crippen molar-refractivity contribution >= 4 is 15.7 Å². The van der Waals surface area contributed by atoms with Crippen LogP contribution in [0.1, 0.15) is 54.9 Å². The molecule has 1 aliphatic rings. The van der Waals surface area contributed by atoms with Gasteiger partial charge >= 0.3 is 0 Å². The Labute approximate surface area is 180 Å². The summed E-state index contributed by atoms with van der Waals surface area (Å²) in [6.45, 7) is 5.20. The van der Waals surface area contributed by atoms with E-state index in [1.165, 1.54) is 25.8 Å². The van der Waals surface area contributed by atoms with Gasteiger partial charge in [0.25, 0.3) is 5.91 Å². The second kappa shape index (κ2) is 10.7. The Morgan fingerprint density at radius 3 is 2.63 bits per heavy atom. The van der Waals surface area contributed by atoms with Crippen LogP contribution in [-0.4, -0.2) is 44.9 Å². The molecule has 0 bridgehead atoms. The number of sulfone groups is 1. The molecule has 1 fully saturated rings. The van der Waals surface area contributed by atoms with Crippen LogP contribution in [0.3, 0.4) is 0 Å². The van der Waals surface area contributed by atoms with E-state index in [9.17, 15) is 13.2 Å². The minimum atomic E-state index is -3.43. The van der Waals surface area contributed by atoms with Crippen LogP contribution in [0.25, 0.3) is 0 Å². The Morgan fingerprint density at radius 1 is 1.07 bits per heavy atom. The van der Waals surface area contributed by atoms with E-state index in [-0.39, 0.29) is 11.7 Å². The van der Waals surface area contributed by atoms with E-state index in [1.807, 2.05) is 0 Å². The highest BCUT2D eigenvalue weighted by Gasteiger charge is 2.18. The summed E-state index contributed by atoms with van der Waals surface area (Å²) in [5.41, 5.74) is 1.12. The van der Waals surface area contributed by atoms with Crippen LogP contribution in [0.15, 0.2) is 59.5 Å². The SMILES string of the molecule is CC1CCCCN1CCCCNC(=O)c1cccc(CS(=O)(=O)c2ccccc2)c1. The summed E-state index contributed by atoms with van der Waals surface area (Å²) in [5.74, 6) is -0.271. The van der Waals surface area contributed by atoms with Crippen molar-refractivity contribution in [2.24, 2.45) is 0 Å². The van der Waals surface area contributed by atoms with E-state index in [2.05, 4.69) is 17.1 Å². The third kappa shape index (κ3) is 6.41. The number of nitrogens with zero attached hydrogens (tertiary/aromatic N) is 1. The van der Waals surface area contributed by atoms with Gasteiger partial charge in [-0.15, -0.1) is 0 Å². The van der Waals surface area contributed by atoms with Crippen molar-refractivity contribution < 1.29 is 13.2 Å². The van der Waals surface area contributed by atoms with Gasteiger partial charge in [-0.1, -0.05) is 36.8 Å². The lowest BCUT2D eigenvalue weighted by molar-refractivity contribution is 0.0951. The molecule has 0 aromatic heterocycles. The topological polar surface area (TPSA) is 66.5 Å². The molecule has 0 saturated carbocycles. The quantitative estimate of drug-likeness (QED) is 0.612. The fourth-order valence-electron chi connectivity index (χ4n) is 3.97. The summed E-state index contributed by atoms with van der Waals surface area (Å²) in [5, 5.41) is 2.96. The largest absolute Gasteiger partial charge is 0.352 e. The van der Waals surface area contributed by atoms with E-state index in [0.29, 0.717) is 28.6 Å². The van der Waals surface area contributed by atoms with Crippen LogP contribution in [-0.2, 0) is 15.6 Å². The van der Waals surface area contributed by atoms with Crippen LogP contribution in [0.2, 0.25) is 0 Å². The highest BCUT2D eigenvalue weighted by Crippen LogP contribution is 2.18. The number of hydrogen-bond donors (Lipinski definition) is 1. The highest BCUT2D eigenvalue weighted by atomic mass is 32.2. The van der Waals surface area contributed by atoms with E-state index in [0.717, 1.165) is 19.4 Å². The maximum atomic E-state index is 12.6. The van der Waals surface area contributed by atoms with Crippen molar-refractivity contribution in [3.63, 3.8) is 0 Å². The van der Waals surface area contributed by atoms with Crippen LogP contribution in [0.4, 0.5) is 0 Å². The number of benzene rings is 2. The van der Waals surface area contributed by atoms with Gasteiger partial charge in [-0.3, -0.25) is 4.79 Å². The number of amides is 1. The maximum absolute atomic E-state index is 12.6. The monoisotopic (exact) mass is 428 g/mol. The van der Waals surface area contributed by atoms with Crippen LogP contribution in [0, 0.1) is 0 Å². The zero-order valence-electron chi connectivity index (χ0n) is 17.7. The van der Waals surface area contributed by atoms with Crippen LogP contribution in [0.5, 0.6) is 0 Å². The van der Waals surface area contributed by atoms with Gasteiger partial charge in [0.2, 0.25) is 0 Å². The number of likely N-dealkylation sites (tertiary alicyclic amines) is 1. The molecule has 1 atom stereocenters. The fraction of sp³-hybridized carbons (Fsp3) is 0.458. The van der Waals surface area contributed by atoms with Crippen molar-refractivity contribution in [1.82, 2.24) is 10.2 Å². The van der Waals surface area contributed by atoms with Gasteiger partial charge in [0.15, 0.2) is 9.84 Å². The second-order valence-corrected chi connectivity index (χ2v) is 10.1. The molecule has 0 radical (unpaired) electrons. The molecule has 1 N–H and O–H groups in total. The molecule has 1 unspecified atom stereocenters. The summed E-state index contributed by atoms with van der Waals surface area (Å²) < 4.78 is 25.2. The lowest BCUT2D eigenvalue weighted by atomic mass is 10.0. The molecule has 3 rings (SSSR count). The smallest absolute Gasteiger partial charge is 0.251 e. The molecule has 2 aromatic carbocycles. The highest BCUT2D eigenvalue weighted by molar-refractivity contribution is 7.90. The minimum absolute atomic E-state index is 0.119. The third-order valence-electron chi connectivity index (χ3n) is 5.75. The summed E-state index contributed by atoms with van der Waals surface area (Å²) in [4.78, 5) is 15.3. The first-order valence-electron chi connectivity index (χ1n) is 10.8. The van der Waals surface area contributed by atoms with Gasteiger partial charge in [-0.25, -0.2) is 8.42 Å². The summed E-state index contributed by atoms with van der Waals surface area (Å²) in [6, 6.07) is 16.0. The molecule has 0 aliphatic carbocycles. The zero-order valence-corrected chi connectivity index (χ0v) is 18.5. The molecule has 5 nitrogen and oxygen atoms in total. The Hall–Kier alpha value is -2.18. The first-order valence-corrected chi connectivity index (χ1v) is 12.5. The standard InChI is InChI=1S/C24H32N2O3S/c1-20-10-5-7-16-26(20)17-8-6-15-25-24(27)22-12-9-11-21(18-22)19-30(28,29)23-13-3-2-4-14-23/h2-4,9,11-14,18,20H,5-8,10,15-17,19H2,1H3,(H,25,27). The van der Waals surface area contributed by atoms with Crippen LogP contribution < -0.4 is 5.32 Å².